The van der Waals surface area contributed by atoms with Crippen LogP contribution in [0.2, 0.25) is 0 Å². The molecule has 4 rings (SSSR count). The first-order chi connectivity index (χ1) is 14.9. The number of carbonyl (C=O) groups excluding carboxylic acids is 1. The Hall–Kier alpha value is -3.88. The van der Waals surface area contributed by atoms with Gasteiger partial charge < -0.3 is 4.90 Å². The van der Waals surface area contributed by atoms with Gasteiger partial charge in [-0.3, -0.25) is 9.48 Å². The van der Waals surface area contributed by atoms with E-state index in [9.17, 15) is 9.18 Å². The molecule has 0 unspecified atom stereocenters. The highest BCUT2D eigenvalue weighted by Crippen LogP contribution is 2.27. The van der Waals surface area contributed by atoms with Crippen molar-refractivity contribution in [2.45, 2.75) is 26.8 Å². The van der Waals surface area contributed by atoms with Gasteiger partial charge >= 0.3 is 0 Å². The monoisotopic (exact) mass is 419 g/mol. The van der Waals surface area contributed by atoms with Crippen LogP contribution in [0.5, 0.6) is 0 Å². The van der Waals surface area contributed by atoms with Gasteiger partial charge in [-0.1, -0.05) is 31.2 Å². The molecule has 4 aromatic rings. The van der Waals surface area contributed by atoms with Crippen molar-refractivity contribution in [1.82, 2.24) is 30.4 Å². The first-order valence-corrected chi connectivity index (χ1v) is 9.89. The second-order valence-corrected chi connectivity index (χ2v) is 7.27. The molecule has 0 spiro atoms. The van der Waals surface area contributed by atoms with Crippen LogP contribution in [0.15, 0.2) is 48.7 Å². The predicted molar refractivity (Wildman–Crippen MR) is 114 cm³/mol. The fraction of sp³-hybridized carbons (Fsp3) is 0.227. The molecular weight excluding hydrogens is 397 g/mol. The molecule has 1 N–H and O–H groups in total. The topological polar surface area (TPSA) is 92.6 Å². The summed E-state index contributed by atoms with van der Waals surface area (Å²) < 4.78 is 16.1. The van der Waals surface area contributed by atoms with Crippen LogP contribution >= 0.6 is 0 Å². The number of hydrogen-bond donors (Lipinski definition) is 1. The molecule has 158 valence electrons. The van der Waals surface area contributed by atoms with Crippen molar-refractivity contribution in [2.24, 2.45) is 7.05 Å². The Morgan fingerprint density at radius 3 is 2.55 bits per heavy atom. The normalized spacial score (nSPS) is 11.0. The molecule has 0 radical (unpaired) electrons. The third-order valence-electron chi connectivity index (χ3n) is 5.02. The van der Waals surface area contributed by atoms with E-state index in [0.29, 0.717) is 24.2 Å². The number of aromatic amines is 1. The molecule has 2 aromatic carbocycles. The Morgan fingerprint density at radius 1 is 1.16 bits per heavy atom. The molecule has 9 heteroatoms. The predicted octanol–water partition coefficient (Wildman–Crippen LogP) is 3.66. The van der Waals surface area contributed by atoms with Crippen LogP contribution in [0.3, 0.4) is 0 Å². The van der Waals surface area contributed by atoms with Gasteiger partial charge in [0.15, 0.2) is 0 Å². The Kier molecular flexibility index (Phi) is 5.57. The number of benzene rings is 2. The average molecular weight is 419 g/mol. The van der Waals surface area contributed by atoms with E-state index in [2.05, 4.69) is 25.7 Å². The van der Waals surface area contributed by atoms with Gasteiger partial charge in [0, 0.05) is 36.5 Å². The summed E-state index contributed by atoms with van der Waals surface area (Å²) in [6, 6.07) is 12.3. The van der Waals surface area contributed by atoms with E-state index in [1.807, 2.05) is 44.4 Å². The summed E-state index contributed by atoms with van der Waals surface area (Å²) in [7, 11) is 1.89. The Morgan fingerprint density at radius 2 is 1.94 bits per heavy atom. The summed E-state index contributed by atoms with van der Waals surface area (Å²) in [5, 5.41) is 18.1. The van der Waals surface area contributed by atoms with Gasteiger partial charge in [-0.05, 0) is 41.5 Å². The quantitative estimate of drug-likeness (QED) is 0.515. The maximum atomic E-state index is 14.3. The van der Waals surface area contributed by atoms with E-state index in [1.54, 1.807) is 22.6 Å². The minimum absolute atomic E-state index is 0.114. The van der Waals surface area contributed by atoms with Gasteiger partial charge in [0.2, 0.25) is 11.7 Å². The highest BCUT2D eigenvalue weighted by Gasteiger charge is 2.18. The van der Waals surface area contributed by atoms with Crippen molar-refractivity contribution in [3.63, 3.8) is 0 Å². The summed E-state index contributed by atoms with van der Waals surface area (Å²) in [5.41, 5.74) is 4.88. The molecular formula is C22H22FN7O. The molecule has 8 nitrogen and oxygen atoms in total. The molecule has 0 aliphatic heterocycles. The van der Waals surface area contributed by atoms with Crippen LogP contribution in [0.1, 0.15) is 24.6 Å². The van der Waals surface area contributed by atoms with Crippen molar-refractivity contribution in [2.75, 3.05) is 4.90 Å². The fourth-order valence-electron chi connectivity index (χ4n) is 3.51. The Balaban J connectivity index is 1.64. The molecule has 2 heterocycles. The van der Waals surface area contributed by atoms with E-state index < -0.39 is 5.82 Å². The molecule has 0 aliphatic rings. The average Bonchev–Trinajstić information content (AvgIpc) is 3.41. The lowest BCUT2D eigenvalue weighted by molar-refractivity contribution is -0.118. The molecule has 0 aliphatic carbocycles. The van der Waals surface area contributed by atoms with Crippen molar-refractivity contribution in [3.8, 4) is 22.5 Å². The summed E-state index contributed by atoms with van der Waals surface area (Å²) in [6.07, 6.45) is 2.27. The zero-order chi connectivity index (χ0) is 22.0. The van der Waals surface area contributed by atoms with Crippen molar-refractivity contribution < 1.29 is 9.18 Å². The van der Waals surface area contributed by atoms with Crippen LogP contribution in [0.4, 0.5) is 10.1 Å². The number of tetrazole rings is 1. The molecule has 0 bridgehead atoms. The second-order valence-electron chi connectivity index (χ2n) is 7.27. The minimum Gasteiger partial charge on any atom is -0.308 e. The van der Waals surface area contributed by atoms with Gasteiger partial charge in [-0.15, -0.1) is 10.2 Å². The number of nitrogens with one attached hydrogen (secondary N) is 1. The molecule has 0 atom stereocenters. The van der Waals surface area contributed by atoms with E-state index in [0.717, 1.165) is 22.4 Å². The van der Waals surface area contributed by atoms with E-state index >= 15 is 0 Å². The number of hydrogen-bond acceptors (Lipinski definition) is 5. The van der Waals surface area contributed by atoms with Crippen molar-refractivity contribution in [1.29, 1.82) is 0 Å². The highest BCUT2D eigenvalue weighted by atomic mass is 19.1. The van der Waals surface area contributed by atoms with Crippen molar-refractivity contribution >= 4 is 11.6 Å². The van der Waals surface area contributed by atoms with E-state index in [1.165, 1.54) is 12.1 Å². The third-order valence-corrected chi connectivity index (χ3v) is 5.02. The van der Waals surface area contributed by atoms with E-state index in [4.69, 9.17) is 0 Å². The highest BCUT2D eigenvalue weighted by molar-refractivity contribution is 5.93. The summed E-state index contributed by atoms with van der Waals surface area (Å²) in [4.78, 5) is 14.3. The SMILES string of the molecule is CCC(=O)N(Cc1ccc(-c2cn(C)nc2C)cc1)c1cc(F)cc(-c2nn[nH]n2)c1. The van der Waals surface area contributed by atoms with Crippen LogP contribution in [0.25, 0.3) is 22.5 Å². The number of H-pyrrole nitrogens is 1. The molecule has 31 heavy (non-hydrogen) atoms. The Bertz CT molecular complexity index is 1200. The second kappa shape index (κ2) is 8.47. The van der Waals surface area contributed by atoms with Gasteiger partial charge in [0.05, 0.1) is 12.2 Å². The smallest absolute Gasteiger partial charge is 0.227 e. The lowest BCUT2D eigenvalue weighted by atomic mass is 10.0. The van der Waals surface area contributed by atoms with Crippen LogP contribution in [0, 0.1) is 12.7 Å². The summed E-state index contributed by atoms with van der Waals surface area (Å²) in [5.74, 6) is -0.328. The van der Waals surface area contributed by atoms with Gasteiger partial charge in [-0.25, -0.2) is 4.39 Å². The third kappa shape index (κ3) is 4.35. The number of halogens is 1. The lowest BCUT2D eigenvalue weighted by Gasteiger charge is -2.23. The van der Waals surface area contributed by atoms with Crippen molar-refractivity contribution in [3.05, 3.63) is 65.7 Å². The maximum absolute atomic E-state index is 14.3. The largest absolute Gasteiger partial charge is 0.308 e. The Labute approximate surface area is 178 Å². The fourth-order valence-corrected chi connectivity index (χ4v) is 3.51. The van der Waals surface area contributed by atoms with Crippen LogP contribution < -0.4 is 4.90 Å². The van der Waals surface area contributed by atoms with Gasteiger partial charge in [0.25, 0.3) is 0 Å². The number of nitrogens with zero attached hydrogens (tertiary/aromatic N) is 6. The van der Waals surface area contributed by atoms with Crippen LogP contribution in [-0.4, -0.2) is 36.3 Å². The number of rotatable bonds is 6. The first-order valence-electron chi connectivity index (χ1n) is 9.89. The molecule has 2 aromatic heterocycles. The number of aromatic nitrogens is 6. The standard InChI is InChI=1S/C22H22FN7O/c1-4-21(31)30(19-10-17(9-18(23)11-19)22-24-27-28-25-22)12-15-5-7-16(8-6-15)20-13-29(3)26-14(20)2/h5-11,13H,4,12H2,1-3H3,(H,24,25,27,28). The first kappa shape index (κ1) is 20.4. The molecule has 0 saturated carbocycles. The van der Waals surface area contributed by atoms with Gasteiger partial charge in [0.1, 0.15) is 5.82 Å². The number of amides is 1. The summed E-state index contributed by atoms with van der Waals surface area (Å²) in [6.45, 7) is 4.06. The van der Waals surface area contributed by atoms with Gasteiger partial charge in [-0.2, -0.15) is 10.3 Å². The zero-order valence-electron chi connectivity index (χ0n) is 17.5. The maximum Gasteiger partial charge on any atom is 0.227 e. The zero-order valence-corrected chi connectivity index (χ0v) is 17.5. The number of carbonyl (C=O) groups is 1. The number of aryl methyl sites for hydroxylation is 2. The molecule has 1 amide bonds. The molecule has 0 saturated heterocycles. The van der Waals surface area contributed by atoms with Crippen LogP contribution in [-0.2, 0) is 18.4 Å². The molecule has 0 fully saturated rings. The minimum atomic E-state index is -0.478. The van der Waals surface area contributed by atoms with E-state index in [-0.39, 0.29) is 11.7 Å². The number of anilines is 1. The lowest BCUT2D eigenvalue weighted by Crippen LogP contribution is -2.29. The summed E-state index contributed by atoms with van der Waals surface area (Å²) >= 11 is 0.